The van der Waals surface area contributed by atoms with Crippen LogP contribution in [0.2, 0.25) is 0 Å². The van der Waals surface area contributed by atoms with Gasteiger partial charge in [-0.2, -0.15) is 0 Å². The predicted molar refractivity (Wildman–Crippen MR) is 130 cm³/mol. The van der Waals surface area contributed by atoms with Gasteiger partial charge in [0.1, 0.15) is 23.9 Å². The van der Waals surface area contributed by atoms with Crippen LogP contribution >= 0.6 is 0 Å². The van der Waals surface area contributed by atoms with Crippen LogP contribution in [0.3, 0.4) is 0 Å². The Bertz CT molecular complexity index is 1130. The highest BCUT2D eigenvalue weighted by Gasteiger charge is 2.26. The molecule has 1 atom stereocenters. The van der Waals surface area contributed by atoms with E-state index in [9.17, 15) is 15.0 Å². The Morgan fingerprint density at radius 2 is 1.82 bits per heavy atom. The minimum Gasteiger partial charge on any atom is -0.508 e. The van der Waals surface area contributed by atoms with E-state index in [1.165, 1.54) is 0 Å². The topological polar surface area (TPSA) is 100 Å². The molecule has 4 N–H and O–H groups in total. The number of nitrogens with one attached hydrogen (secondary N) is 2. The number of ether oxygens (including phenoxy) is 2. The molecule has 0 bridgehead atoms. The number of carbonyl (C=O) groups excluding carboxylic acids is 1. The smallest absolute Gasteiger partial charge is 0.262 e. The summed E-state index contributed by atoms with van der Waals surface area (Å²) < 4.78 is 11.6. The van der Waals surface area contributed by atoms with Gasteiger partial charge in [0.25, 0.3) is 5.91 Å². The van der Waals surface area contributed by atoms with E-state index < -0.39 is 6.10 Å². The number of fused-ring (bicyclic) bond motifs is 1. The maximum absolute atomic E-state index is 11.9. The Labute approximate surface area is 199 Å². The molecule has 1 heterocycles. The molecule has 1 unspecified atom stereocenters. The number of aromatic hydroxyl groups is 1. The molecule has 178 valence electrons. The normalized spacial score (nSPS) is 14.0. The lowest BCUT2D eigenvalue weighted by molar-refractivity contribution is -0.118. The first-order chi connectivity index (χ1) is 16.3. The molecule has 1 amide bonds. The number of aliphatic hydroxyl groups is 1. The molecule has 0 saturated heterocycles. The summed E-state index contributed by atoms with van der Waals surface area (Å²) in [5.41, 5.74) is 2.81. The third-order valence-corrected chi connectivity index (χ3v) is 5.68. The van der Waals surface area contributed by atoms with E-state index in [-0.39, 0.29) is 30.3 Å². The molecule has 1 aliphatic rings. The molecule has 7 nitrogen and oxygen atoms in total. The summed E-state index contributed by atoms with van der Waals surface area (Å²) in [6, 6.07) is 20.4. The zero-order valence-electron chi connectivity index (χ0n) is 19.4. The molecule has 0 radical (unpaired) electrons. The first-order valence-electron chi connectivity index (χ1n) is 11.3. The molecule has 7 heteroatoms. The lowest BCUT2D eigenvalue weighted by atomic mass is 9.94. The molecule has 0 aromatic heterocycles. The van der Waals surface area contributed by atoms with Gasteiger partial charge in [-0.1, -0.05) is 42.5 Å². The maximum Gasteiger partial charge on any atom is 0.262 e. The monoisotopic (exact) mass is 462 g/mol. The van der Waals surface area contributed by atoms with Crippen LogP contribution in [0.4, 0.5) is 5.69 Å². The first-order valence-corrected chi connectivity index (χ1v) is 11.3. The van der Waals surface area contributed by atoms with Crippen molar-refractivity contribution >= 4 is 11.6 Å². The SMILES string of the molecule is CC(C)(Cc1ccc(O)cc1)NCC(O)c1cc(OCc2ccccc2)cc2c1OCC(=O)N2. The van der Waals surface area contributed by atoms with Crippen LogP contribution in [0.25, 0.3) is 0 Å². The highest BCUT2D eigenvalue weighted by molar-refractivity contribution is 5.96. The number of rotatable bonds is 9. The third kappa shape index (κ3) is 6.07. The summed E-state index contributed by atoms with van der Waals surface area (Å²) in [5, 5.41) is 26.8. The largest absolute Gasteiger partial charge is 0.508 e. The molecular weight excluding hydrogens is 432 g/mol. The summed E-state index contributed by atoms with van der Waals surface area (Å²) in [4.78, 5) is 11.9. The minimum absolute atomic E-state index is 0.100. The Balaban J connectivity index is 1.48. The number of hydrogen-bond donors (Lipinski definition) is 4. The van der Waals surface area contributed by atoms with Crippen molar-refractivity contribution in [2.75, 3.05) is 18.5 Å². The highest BCUT2D eigenvalue weighted by Crippen LogP contribution is 2.39. The summed E-state index contributed by atoms with van der Waals surface area (Å²) in [5.74, 6) is 0.973. The molecule has 1 aliphatic heterocycles. The van der Waals surface area contributed by atoms with Crippen molar-refractivity contribution in [2.24, 2.45) is 0 Å². The summed E-state index contributed by atoms with van der Waals surface area (Å²) >= 11 is 0. The van der Waals surface area contributed by atoms with Crippen LogP contribution in [-0.4, -0.2) is 34.8 Å². The molecule has 0 fully saturated rings. The van der Waals surface area contributed by atoms with Gasteiger partial charge in [-0.3, -0.25) is 4.79 Å². The van der Waals surface area contributed by atoms with Gasteiger partial charge in [0.2, 0.25) is 0 Å². The van der Waals surface area contributed by atoms with Gasteiger partial charge in [-0.15, -0.1) is 0 Å². The molecule has 0 saturated carbocycles. The summed E-state index contributed by atoms with van der Waals surface area (Å²) in [7, 11) is 0. The number of carbonyl (C=O) groups is 1. The van der Waals surface area contributed by atoms with Crippen molar-refractivity contribution in [1.29, 1.82) is 0 Å². The van der Waals surface area contributed by atoms with E-state index >= 15 is 0 Å². The quantitative estimate of drug-likeness (QED) is 0.384. The second-order valence-corrected chi connectivity index (χ2v) is 9.12. The minimum atomic E-state index is -0.886. The van der Waals surface area contributed by atoms with Gasteiger partial charge in [-0.25, -0.2) is 0 Å². The fourth-order valence-corrected chi connectivity index (χ4v) is 3.94. The first kappa shape index (κ1) is 23.6. The van der Waals surface area contributed by atoms with Gasteiger partial charge in [0, 0.05) is 23.7 Å². The molecule has 4 rings (SSSR count). The predicted octanol–water partition coefficient (Wildman–Crippen LogP) is 3.95. The Morgan fingerprint density at radius 3 is 2.56 bits per heavy atom. The lowest BCUT2D eigenvalue weighted by Gasteiger charge is -2.29. The Kier molecular flexibility index (Phi) is 7.05. The van der Waals surface area contributed by atoms with Crippen molar-refractivity contribution in [2.45, 2.75) is 38.5 Å². The molecule has 0 spiro atoms. The molecule has 3 aromatic carbocycles. The van der Waals surface area contributed by atoms with Crippen LogP contribution in [0.1, 0.15) is 36.6 Å². The van der Waals surface area contributed by atoms with Gasteiger partial charge >= 0.3 is 0 Å². The van der Waals surface area contributed by atoms with E-state index in [1.54, 1.807) is 24.3 Å². The van der Waals surface area contributed by atoms with Crippen molar-refractivity contribution in [3.63, 3.8) is 0 Å². The summed E-state index contributed by atoms with van der Waals surface area (Å²) in [6.07, 6.45) is -0.173. The van der Waals surface area contributed by atoms with E-state index in [0.29, 0.717) is 35.8 Å². The number of aliphatic hydroxyl groups excluding tert-OH is 1. The fraction of sp³-hybridized carbons (Fsp3) is 0.296. The fourth-order valence-electron chi connectivity index (χ4n) is 3.94. The van der Waals surface area contributed by atoms with Crippen LogP contribution < -0.4 is 20.1 Å². The van der Waals surface area contributed by atoms with Crippen LogP contribution in [0, 0.1) is 0 Å². The average Bonchev–Trinajstić information content (AvgIpc) is 2.82. The van der Waals surface area contributed by atoms with Crippen molar-refractivity contribution < 1.29 is 24.5 Å². The zero-order valence-corrected chi connectivity index (χ0v) is 19.4. The van der Waals surface area contributed by atoms with Gasteiger partial charge in [-0.05, 0) is 49.6 Å². The molecule has 0 aliphatic carbocycles. The molecular formula is C27H30N2O5. The van der Waals surface area contributed by atoms with Crippen LogP contribution in [0.15, 0.2) is 66.7 Å². The zero-order chi connectivity index (χ0) is 24.1. The number of phenols is 1. The number of anilines is 1. The molecule has 34 heavy (non-hydrogen) atoms. The lowest BCUT2D eigenvalue weighted by Crippen LogP contribution is -2.43. The Hall–Kier alpha value is -3.55. The van der Waals surface area contributed by atoms with Gasteiger partial charge < -0.3 is 30.3 Å². The Morgan fingerprint density at radius 1 is 1.09 bits per heavy atom. The highest BCUT2D eigenvalue weighted by atomic mass is 16.5. The average molecular weight is 463 g/mol. The van der Waals surface area contributed by atoms with Crippen molar-refractivity contribution in [3.05, 3.63) is 83.4 Å². The van der Waals surface area contributed by atoms with E-state index in [4.69, 9.17) is 9.47 Å². The standard InChI is InChI=1S/C27H30N2O5/c1-27(2,14-18-8-10-20(30)11-9-18)28-15-24(31)22-12-21(33-16-19-6-4-3-5-7-19)13-23-26(22)34-17-25(32)29-23/h3-13,24,28,30-31H,14-17H2,1-2H3,(H,29,32). The van der Waals surface area contributed by atoms with Crippen molar-refractivity contribution in [1.82, 2.24) is 5.32 Å². The number of phenolic OH excluding ortho intramolecular Hbond substituents is 1. The van der Waals surface area contributed by atoms with E-state index in [0.717, 1.165) is 11.1 Å². The van der Waals surface area contributed by atoms with E-state index in [1.807, 2.05) is 42.5 Å². The summed E-state index contributed by atoms with van der Waals surface area (Å²) in [6.45, 7) is 4.64. The molecule has 3 aromatic rings. The number of benzene rings is 3. The van der Waals surface area contributed by atoms with E-state index in [2.05, 4.69) is 24.5 Å². The number of β-amino-alcohol motifs (C(OH)–C–C–N with tert-alkyl or cyclic N) is 1. The van der Waals surface area contributed by atoms with Crippen LogP contribution in [-0.2, 0) is 17.8 Å². The third-order valence-electron chi connectivity index (χ3n) is 5.68. The number of amides is 1. The van der Waals surface area contributed by atoms with Gasteiger partial charge in [0.15, 0.2) is 6.61 Å². The number of hydrogen-bond acceptors (Lipinski definition) is 6. The van der Waals surface area contributed by atoms with Crippen LogP contribution in [0.5, 0.6) is 17.2 Å². The maximum atomic E-state index is 11.9. The second-order valence-electron chi connectivity index (χ2n) is 9.12. The van der Waals surface area contributed by atoms with Gasteiger partial charge in [0.05, 0.1) is 11.8 Å². The van der Waals surface area contributed by atoms with Crippen molar-refractivity contribution in [3.8, 4) is 17.2 Å². The second kappa shape index (κ2) is 10.2.